The van der Waals surface area contributed by atoms with Crippen molar-refractivity contribution in [3.05, 3.63) is 75.8 Å². The molecule has 2 rings (SSSR count). The summed E-state index contributed by atoms with van der Waals surface area (Å²) in [6.07, 6.45) is 1.38. The molecule has 0 radical (unpaired) electrons. The van der Waals surface area contributed by atoms with Crippen molar-refractivity contribution in [2.24, 2.45) is 0 Å². The van der Waals surface area contributed by atoms with Crippen molar-refractivity contribution in [1.29, 1.82) is 5.26 Å². The molecule has 6 nitrogen and oxygen atoms in total. The summed E-state index contributed by atoms with van der Waals surface area (Å²) in [5, 5.41) is 22.3. The summed E-state index contributed by atoms with van der Waals surface area (Å²) in [6, 6.07) is 16.2. The van der Waals surface area contributed by atoms with Crippen LogP contribution in [0.4, 0.5) is 11.4 Å². The molecule has 0 fully saturated rings. The summed E-state index contributed by atoms with van der Waals surface area (Å²) in [7, 11) is 0. The summed E-state index contributed by atoms with van der Waals surface area (Å²) in [6.45, 7) is 0. The van der Waals surface area contributed by atoms with Gasteiger partial charge in [-0.15, -0.1) is 0 Å². The summed E-state index contributed by atoms with van der Waals surface area (Å²) < 4.78 is 0. The fraction of sp³-hybridized carbons (Fsp3) is 0. The quantitative estimate of drug-likeness (QED) is 0.405. The molecule has 0 aliphatic carbocycles. The molecule has 0 bridgehead atoms. The van der Waals surface area contributed by atoms with E-state index in [1.54, 1.807) is 24.3 Å². The number of nitrogens with one attached hydrogen (secondary N) is 1. The average Bonchev–Trinajstić information content (AvgIpc) is 2.53. The van der Waals surface area contributed by atoms with Crippen molar-refractivity contribution in [2.45, 2.75) is 0 Å². The van der Waals surface area contributed by atoms with Gasteiger partial charge in [0, 0.05) is 17.8 Å². The number of nitro groups is 1. The number of nitrogens with zero attached hydrogens (tertiary/aromatic N) is 2. The van der Waals surface area contributed by atoms with Crippen molar-refractivity contribution in [3.8, 4) is 6.07 Å². The van der Waals surface area contributed by atoms with Crippen molar-refractivity contribution in [1.82, 2.24) is 0 Å². The van der Waals surface area contributed by atoms with Crippen molar-refractivity contribution in [2.75, 3.05) is 5.32 Å². The van der Waals surface area contributed by atoms with Crippen LogP contribution in [0.25, 0.3) is 6.08 Å². The van der Waals surface area contributed by atoms with Gasteiger partial charge in [0.15, 0.2) is 0 Å². The third-order valence-electron chi connectivity index (χ3n) is 2.81. The van der Waals surface area contributed by atoms with Crippen molar-refractivity contribution in [3.63, 3.8) is 0 Å². The zero-order valence-electron chi connectivity index (χ0n) is 11.4. The van der Waals surface area contributed by atoms with Gasteiger partial charge >= 0.3 is 0 Å². The molecule has 0 spiro atoms. The molecule has 0 heterocycles. The van der Waals surface area contributed by atoms with E-state index in [1.807, 2.05) is 12.1 Å². The first-order chi connectivity index (χ1) is 10.6. The van der Waals surface area contributed by atoms with Crippen molar-refractivity contribution < 1.29 is 9.72 Å². The largest absolute Gasteiger partial charge is 0.321 e. The third kappa shape index (κ3) is 3.77. The Kier molecular flexibility index (Phi) is 4.63. The van der Waals surface area contributed by atoms with E-state index in [2.05, 4.69) is 5.32 Å². The van der Waals surface area contributed by atoms with Crippen LogP contribution in [0.2, 0.25) is 0 Å². The van der Waals surface area contributed by atoms with E-state index in [0.29, 0.717) is 11.3 Å². The molecule has 0 saturated heterocycles. The molecule has 108 valence electrons. The van der Waals surface area contributed by atoms with E-state index in [4.69, 9.17) is 5.26 Å². The summed E-state index contributed by atoms with van der Waals surface area (Å²) >= 11 is 0. The number of anilines is 1. The van der Waals surface area contributed by atoms with Crippen LogP contribution in [-0.2, 0) is 4.79 Å². The second-order valence-electron chi connectivity index (χ2n) is 4.34. The smallest absolute Gasteiger partial charge is 0.269 e. The molecule has 0 aromatic heterocycles. The lowest BCUT2D eigenvalue weighted by atomic mass is 10.1. The lowest BCUT2D eigenvalue weighted by molar-refractivity contribution is -0.384. The molecule has 2 aromatic rings. The van der Waals surface area contributed by atoms with Crippen LogP contribution >= 0.6 is 0 Å². The standard InChI is InChI=1S/C16H11N3O3/c17-11-13(16(20)18-14-4-2-1-3-5-14)10-12-6-8-15(9-7-12)19(21)22/h1-10H,(H,18,20)/b13-10+. The van der Waals surface area contributed by atoms with Crippen molar-refractivity contribution >= 4 is 23.4 Å². The van der Waals surface area contributed by atoms with Crippen LogP contribution in [0.1, 0.15) is 5.56 Å². The molecule has 6 heteroatoms. The molecule has 0 atom stereocenters. The highest BCUT2D eigenvalue weighted by molar-refractivity contribution is 6.09. The van der Waals surface area contributed by atoms with Gasteiger partial charge in [-0.2, -0.15) is 5.26 Å². The van der Waals surface area contributed by atoms with E-state index >= 15 is 0 Å². The van der Waals surface area contributed by atoms with Gasteiger partial charge in [0.2, 0.25) is 0 Å². The number of hydrogen-bond donors (Lipinski definition) is 1. The number of hydrogen-bond acceptors (Lipinski definition) is 4. The minimum Gasteiger partial charge on any atom is -0.321 e. The van der Waals surface area contributed by atoms with E-state index < -0.39 is 10.8 Å². The SMILES string of the molecule is N#C/C(=C\c1ccc([N+](=O)[O-])cc1)C(=O)Nc1ccccc1. The highest BCUT2D eigenvalue weighted by atomic mass is 16.6. The topological polar surface area (TPSA) is 96.0 Å². The first kappa shape index (κ1) is 14.9. The third-order valence-corrected chi connectivity index (χ3v) is 2.81. The van der Waals surface area contributed by atoms with Crippen LogP contribution in [0.15, 0.2) is 60.2 Å². The van der Waals surface area contributed by atoms with E-state index in [0.717, 1.165) is 0 Å². The predicted molar refractivity (Wildman–Crippen MR) is 81.8 cm³/mol. The predicted octanol–water partition coefficient (Wildman–Crippen LogP) is 3.14. The normalized spacial score (nSPS) is 10.6. The zero-order valence-corrected chi connectivity index (χ0v) is 11.4. The Bertz CT molecular complexity index is 759. The Morgan fingerprint density at radius 3 is 2.32 bits per heavy atom. The number of nitro benzene ring substituents is 1. The van der Waals surface area contributed by atoms with Crippen LogP contribution in [-0.4, -0.2) is 10.8 Å². The lowest BCUT2D eigenvalue weighted by Gasteiger charge is -2.03. The maximum absolute atomic E-state index is 12.0. The van der Waals surface area contributed by atoms with Gasteiger partial charge in [0.1, 0.15) is 11.6 Å². The van der Waals surface area contributed by atoms with Gasteiger partial charge < -0.3 is 5.32 Å². The molecular formula is C16H11N3O3. The highest BCUT2D eigenvalue weighted by Gasteiger charge is 2.10. The monoisotopic (exact) mass is 293 g/mol. The Morgan fingerprint density at radius 1 is 1.14 bits per heavy atom. The van der Waals surface area contributed by atoms with E-state index in [9.17, 15) is 14.9 Å². The lowest BCUT2D eigenvalue weighted by Crippen LogP contribution is -2.13. The van der Waals surface area contributed by atoms with Gasteiger partial charge in [0.25, 0.3) is 11.6 Å². The number of carbonyl (C=O) groups excluding carboxylic acids is 1. The average molecular weight is 293 g/mol. The molecule has 1 N–H and O–H groups in total. The Hall–Kier alpha value is -3.46. The Morgan fingerprint density at radius 2 is 1.77 bits per heavy atom. The number of rotatable bonds is 4. The first-order valence-electron chi connectivity index (χ1n) is 6.33. The minimum absolute atomic E-state index is 0.0515. The number of benzene rings is 2. The second-order valence-corrected chi connectivity index (χ2v) is 4.34. The summed E-state index contributed by atoms with van der Waals surface area (Å²) in [4.78, 5) is 22.1. The molecule has 1 amide bonds. The fourth-order valence-corrected chi connectivity index (χ4v) is 1.73. The number of para-hydroxylation sites is 1. The molecule has 0 unspecified atom stereocenters. The van der Waals surface area contributed by atoms with Crippen LogP contribution < -0.4 is 5.32 Å². The Labute approximate surface area is 126 Å². The first-order valence-corrected chi connectivity index (χ1v) is 6.33. The Balaban J connectivity index is 2.18. The summed E-state index contributed by atoms with van der Waals surface area (Å²) in [5.41, 5.74) is 0.977. The van der Waals surface area contributed by atoms with Gasteiger partial charge in [-0.25, -0.2) is 0 Å². The minimum atomic E-state index is -0.535. The molecular weight excluding hydrogens is 282 g/mol. The number of carbonyl (C=O) groups is 1. The zero-order chi connectivity index (χ0) is 15.9. The summed E-state index contributed by atoms with van der Waals surface area (Å²) in [5.74, 6) is -0.535. The molecule has 22 heavy (non-hydrogen) atoms. The van der Waals surface area contributed by atoms with Gasteiger partial charge in [-0.05, 0) is 35.9 Å². The number of nitriles is 1. The van der Waals surface area contributed by atoms with Gasteiger partial charge in [-0.3, -0.25) is 14.9 Å². The highest BCUT2D eigenvalue weighted by Crippen LogP contribution is 2.15. The van der Waals surface area contributed by atoms with E-state index in [1.165, 1.54) is 30.3 Å². The van der Waals surface area contributed by atoms with Gasteiger partial charge in [-0.1, -0.05) is 18.2 Å². The molecule has 0 saturated carbocycles. The molecule has 0 aliphatic heterocycles. The number of non-ortho nitro benzene ring substituents is 1. The van der Waals surface area contributed by atoms with E-state index in [-0.39, 0.29) is 11.3 Å². The van der Waals surface area contributed by atoms with Crippen LogP contribution in [0.3, 0.4) is 0 Å². The second kappa shape index (κ2) is 6.81. The van der Waals surface area contributed by atoms with Crippen LogP contribution in [0, 0.1) is 21.4 Å². The maximum Gasteiger partial charge on any atom is 0.269 e. The maximum atomic E-state index is 12.0. The number of amides is 1. The molecule has 0 aliphatic rings. The van der Waals surface area contributed by atoms with Gasteiger partial charge in [0.05, 0.1) is 4.92 Å². The fourth-order valence-electron chi connectivity index (χ4n) is 1.73. The van der Waals surface area contributed by atoms with Crippen LogP contribution in [0.5, 0.6) is 0 Å². The molecule has 2 aromatic carbocycles.